The second kappa shape index (κ2) is 4.94. The Morgan fingerprint density at radius 2 is 1.86 bits per heavy atom. The molecule has 1 aliphatic rings. The van der Waals surface area contributed by atoms with Crippen LogP contribution < -0.4 is 11.2 Å². The van der Waals surface area contributed by atoms with Crippen molar-refractivity contribution in [2.45, 2.75) is 13.3 Å². The monoisotopic (exact) mass is 296 g/mol. The van der Waals surface area contributed by atoms with Gasteiger partial charge in [0, 0.05) is 37.8 Å². The highest BCUT2D eigenvalue weighted by atomic mass is 16.2. The SMILES string of the molecule is Cc1ccc2c(c1)C(=O)C(=Cc1cn(C)c(=O)n(C)c1=O)C2. The first-order valence-corrected chi connectivity index (χ1v) is 7.00. The van der Waals surface area contributed by atoms with Crippen molar-refractivity contribution in [3.63, 3.8) is 0 Å². The number of ketones is 1. The number of hydrogen-bond donors (Lipinski definition) is 0. The smallest absolute Gasteiger partial charge is 0.303 e. The van der Waals surface area contributed by atoms with Crippen molar-refractivity contribution in [1.82, 2.24) is 9.13 Å². The molecule has 1 aromatic heterocycles. The average molecular weight is 296 g/mol. The molecule has 1 aromatic carbocycles. The number of fused-ring (bicyclic) bond motifs is 1. The number of aromatic nitrogens is 2. The molecule has 5 nitrogen and oxygen atoms in total. The third-order valence-electron chi connectivity index (χ3n) is 3.99. The zero-order chi connectivity index (χ0) is 16.0. The van der Waals surface area contributed by atoms with Gasteiger partial charge < -0.3 is 4.57 Å². The van der Waals surface area contributed by atoms with Gasteiger partial charge in [0.05, 0.1) is 5.56 Å². The van der Waals surface area contributed by atoms with Crippen LogP contribution in [-0.2, 0) is 20.5 Å². The molecule has 0 amide bonds. The maximum atomic E-state index is 12.5. The van der Waals surface area contributed by atoms with Gasteiger partial charge in [0.2, 0.25) is 0 Å². The Morgan fingerprint density at radius 3 is 2.59 bits per heavy atom. The van der Waals surface area contributed by atoms with Crippen LogP contribution in [0.3, 0.4) is 0 Å². The summed E-state index contributed by atoms with van der Waals surface area (Å²) >= 11 is 0. The molecule has 0 saturated carbocycles. The largest absolute Gasteiger partial charge is 0.330 e. The minimum atomic E-state index is -0.393. The van der Waals surface area contributed by atoms with E-state index < -0.39 is 5.56 Å². The molecule has 0 atom stereocenters. The maximum Gasteiger partial charge on any atom is 0.330 e. The van der Waals surface area contributed by atoms with E-state index in [0.717, 1.165) is 15.7 Å². The average Bonchev–Trinajstić information content (AvgIpc) is 2.79. The highest BCUT2D eigenvalue weighted by molar-refractivity contribution is 6.15. The van der Waals surface area contributed by atoms with Gasteiger partial charge in [-0.3, -0.25) is 14.2 Å². The summed E-state index contributed by atoms with van der Waals surface area (Å²) in [4.78, 5) is 36.3. The first kappa shape index (κ1) is 14.3. The van der Waals surface area contributed by atoms with Gasteiger partial charge >= 0.3 is 5.69 Å². The van der Waals surface area contributed by atoms with Crippen molar-refractivity contribution < 1.29 is 4.79 Å². The van der Waals surface area contributed by atoms with E-state index in [2.05, 4.69) is 0 Å². The predicted octanol–water partition coefficient (Wildman–Crippen LogP) is 1.21. The fraction of sp³-hybridized carbons (Fsp3) is 0.235. The summed E-state index contributed by atoms with van der Waals surface area (Å²) in [6.45, 7) is 1.94. The zero-order valence-corrected chi connectivity index (χ0v) is 12.7. The molecule has 1 aliphatic carbocycles. The molecule has 0 aliphatic heterocycles. The van der Waals surface area contributed by atoms with Crippen LogP contribution in [0.5, 0.6) is 0 Å². The summed E-state index contributed by atoms with van der Waals surface area (Å²) in [5, 5.41) is 0. The molecular formula is C17H16N2O3. The van der Waals surface area contributed by atoms with Gasteiger partial charge in [0.15, 0.2) is 5.78 Å². The number of allylic oxidation sites excluding steroid dienone is 1. The summed E-state index contributed by atoms with van der Waals surface area (Å²) in [5.41, 5.74) is 2.86. The molecule has 0 unspecified atom stereocenters. The number of Topliss-reactive ketones (excluding diaryl/α,β-unsaturated/α-hetero) is 1. The van der Waals surface area contributed by atoms with Crippen LogP contribution in [0.25, 0.3) is 6.08 Å². The molecule has 0 spiro atoms. The summed E-state index contributed by atoms with van der Waals surface area (Å²) in [5.74, 6) is -0.0467. The standard InChI is InChI=1S/C17H16N2O3/c1-10-4-5-11-7-12(15(20)14(11)6-10)8-13-9-18(2)17(22)19(3)16(13)21/h4-6,8-9H,7H2,1-3H3. The van der Waals surface area contributed by atoms with Crippen molar-refractivity contribution in [3.05, 3.63) is 73.1 Å². The van der Waals surface area contributed by atoms with Gasteiger partial charge in [-0.2, -0.15) is 0 Å². The summed E-state index contributed by atoms with van der Waals surface area (Å²) in [6, 6.07) is 5.79. The molecule has 0 saturated heterocycles. The van der Waals surface area contributed by atoms with E-state index in [0.29, 0.717) is 23.1 Å². The van der Waals surface area contributed by atoms with Crippen LogP contribution in [-0.4, -0.2) is 14.9 Å². The molecule has 2 aromatic rings. The molecule has 112 valence electrons. The van der Waals surface area contributed by atoms with Gasteiger partial charge in [-0.05, 0) is 24.6 Å². The van der Waals surface area contributed by atoms with Crippen LogP contribution in [0.1, 0.15) is 27.0 Å². The lowest BCUT2D eigenvalue weighted by Gasteiger charge is -2.04. The molecule has 3 rings (SSSR count). The molecule has 0 bridgehead atoms. The Morgan fingerprint density at radius 1 is 1.14 bits per heavy atom. The second-order valence-corrected chi connectivity index (χ2v) is 5.68. The van der Waals surface area contributed by atoms with E-state index >= 15 is 0 Å². The van der Waals surface area contributed by atoms with Gasteiger partial charge in [-0.15, -0.1) is 0 Å². The third-order valence-corrected chi connectivity index (χ3v) is 3.99. The lowest BCUT2D eigenvalue weighted by Crippen LogP contribution is -2.37. The molecule has 22 heavy (non-hydrogen) atoms. The van der Waals surface area contributed by atoms with Crippen molar-refractivity contribution >= 4 is 11.9 Å². The summed E-state index contributed by atoms with van der Waals surface area (Å²) in [6.07, 6.45) is 3.58. The Labute approximate surface area is 127 Å². The van der Waals surface area contributed by atoms with Crippen molar-refractivity contribution in [2.24, 2.45) is 14.1 Å². The van der Waals surface area contributed by atoms with Crippen LogP contribution >= 0.6 is 0 Å². The quantitative estimate of drug-likeness (QED) is 0.743. The Kier molecular flexibility index (Phi) is 3.20. The normalized spacial score (nSPS) is 15.4. The molecular weight excluding hydrogens is 280 g/mol. The van der Waals surface area contributed by atoms with Gasteiger partial charge in [0.1, 0.15) is 0 Å². The van der Waals surface area contributed by atoms with Crippen LogP contribution in [0.4, 0.5) is 0 Å². The fourth-order valence-corrected chi connectivity index (χ4v) is 2.75. The fourth-order valence-electron chi connectivity index (χ4n) is 2.75. The van der Waals surface area contributed by atoms with Gasteiger partial charge in [-0.1, -0.05) is 17.7 Å². The molecule has 0 N–H and O–H groups in total. The van der Waals surface area contributed by atoms with E-state index in [1.165, 1.54) is 17.8 Å². The summed E-state index contributed by atoms with van der Waals surface area (Å²) < 4.78 is 2.38. The number of aryl methyl sites for hydroxylation is 2. The maximum absolute atomic E-state index is 12.5. The van der Waals surface area contributed by atoms with E-state index in [-0.39, 0.29) is 11.5 Å². The summed E-state index contributed by atoms with van der Waals surface area (Å²) in [7, 11) is 3.01. The lowest BCUT2D eigenvalue weighted by molar-refractivity contribution is 0.104. The zero-order valence-electron chi connectivity index (χ0n) is 12.7. The molecule has 5 heteroatoms. The van der Waals surface area contributed by atoms with Crippen LogP contribution in [0, 0.1) is 6.92 Å². The van der Waals surface area contributed by atoms with Crippen LogP contribution in [0.2, 0.25) is 0 Å². The molecule has 1 heterocycles. The molecule has 0 fully saturated rings. The van der Waals surface area contributed by atoms with Gasteiger partial charge in [0.25, 0.3) is 5.56 Å². The lowest BCUT2D eigenvalue weighted by atomic mass is 10.1. The Bertz CT molecular complexity index is 945. The highest BCUT2D eigenvalue weighted by Crippen LogP contribution is 2.28. The number of rotatable bonds is 1. The van der Waals surface area contributed by atoms with Crippen molar-refractivity contribution in [1.29, 1.82) is 0 Å². The predicted molar refractivity (Wildman–Crippen MR) is 84.1 cm³/mol. The van der Waals surface area contributed by atoms with Crippen molar-refractivity contribution in [2.75, 3.05) is 0 Å². The van der Waals surface area contributed by atoms with E-state index in [9.17, 15) is 14.4 Å². The Balaban J connectivity index is 2.11. The van der Waals surface area contributed by atoms with E-state index in [1.807, 2.05) is 25.1 Å². The topological polar surface area (TPSA) is 61.1 Å². The first-order chi connectivity index (χ1) is 10.4. The first-order valence-electron chi connectivity index (χ1n) is 7.00. The Hall–Kier alpha value is -2.69. The van der Waals surface area contributed by atoms with Crippen molar-refractivity contribution in [3.8, 4) is 0 Å². The number of nitrogens with zero attached hydrogens (tertiary/aromatic N) is 2. The number of hydrogen-bond acceptors (Lipinski definition) is 3. The minimum absolute atomic E-state index is 0.0467. The van der Waals surface area contributed by atoms with E-state index in [4.69, 9.17) is 0 Å². The molecule has 0 radical (unpaired) electrons. The number of carbonyl (C=O) groups excluding carboxylic acids is 1. The van der Waals surface area contributed by atoms with E-state index in [1.54, 1.807) is 13.1 Å². The van der Waals surface area contributed by atoms with Gasteiger partial charge in [-0.25, -0.2) is 4.79 Å². The minimum Gasteiger partial charge on any atom is -0.303 e. The number of carbonyl (C=O) groups is 1. The third kappa shape index (κ3) is 2.15. The van der Waals surface area contributed by atoms with Crippen LogP contribution in [0.15, 0.2) is 39.6 Å². The number of benzene rings is 1. The second-order valence-electron chi connectivity index (χ2n) is 5.68. The highest BCUT2D eigenvalue weighted by Gasteiger charge is 2.25.